The third-order valence-corrected chi connectivity index (χ3v) is 4.50. The van der Waals surface area contributed by atoms with Crippen LogP contribution in [0.4, 0.5) is 0 Å². The van der Waals surface area contributed by atoms with Gasteiger partial charge in [0.15, 0.2) is 0 Å². The van der Waals surface area contributed by atoms with Gasteiger partial charge in [-0.05, 0) is 24.7 Å². The van der Waals surface area contributed by atoms with Crippen LogP contribution in [0.15, 0.2) is 0 Å². The van der Waals surface area contributed by atoms with Crippen molar-refractivity contribution in [2.24, 2.45) is 11.3 Å². The van der Waals surface area contributed by atoms with E-state index in [1.54, 1.807) is 0 Å². The van der Waals surface area contributed by atoms with E-state index in [2.05, 4.69) is 25.7 Å². The van der Waals surface area contributed by atoms with E-state index in [0.29, 0.717) is 5.91 Å². The standard InChI is InChI=1S/C13H23NO/c1-12(2,3)10-9-13(7-5-6-8-13)14(4)11(10)15/h10H,5-9H2,1-4H3/t10-/m1/s1. The van der Waals surface area contributed by atoms with Gasteiger partial charge < -0.3 is 4.90 Å². The van der Waals surface area contributed by atoms with E-state index in [1.165, 1.54) is 25.7 Å². The summed E-state index contributed by atoms with van der Waals surface area (Å²) in [5.74, 6) is 0.616. The molecule has 0 bridgehead atoms. The van der Waals surface area contributed by atoms with Crippen LogP contribution in [0.5, 0.6) is 0 Å². The minimum atomic E-state index is 0.122. The Morgan fingerprint density at radius 1 is 1.27 bits per heavy atom. The zero-order valence-corrected chi connectivity index (χ0v) is 10.5. The second-order valence-electron chi connectivity index (χ2n) is 6.45. The van der Waals surface area contributed by atoms with E-state index in [4.69, 9.17) is 0 Å². The lowest BCUT2D eigenvalue weighted by molar-refractivity contribution is -0.134. The van der Waals surface area contributed by atoms with E-state index in [9.17, 15) is 4.79 Å². The maximum Gasteiger partial charge on any atom is 0.226 e. The molecule has 2 fully saturated rings. The number of carbonyl (C=O) groups excluding carboxylic acids is 1. The van der Waals surface area contributed by atoms with E-state index in [0.717, 1.165) is 6.42 Å². The molecular formula is C13H23NO. The molecule has 0 aromatic carbocycles. The Morgan fingerprint density at radius 3 is 2.20 bits per heavy atom. The molecule has 1 spiro atoms. The largest absolute Gasteiger partial charge is 0.340 e. The number of carbonyl (C=O) groups is 1. The van der Waals surface area contributed by atoms with Gasteiger partial charge >= 0.3 is 0 Å². The number of likely N-dealkylation sites (tertiary alicyclic amines) is 1. The van der Waals surface area contributed by atoms with Crippen molar-refractivity contribution >= 4 is 5.91 Å². The maximum absolute atomic E-state index is 12.2. The van der Waals surface area contributed by atoms with E-state index >= 15 is 0 Å². The molecule has 2 aliphatic rings. The highest BCUT2D eigenvalue weighted by molar-refractivity contribution is 5.83. The molecule has 1 saturated heterocycles. The van der Waals surface area contributed by atoms with Gasteiger partial charge in [-0.1, -0.05) is 33.6 Å². The summed E-state index contributed by atoms with van der Waals surface area (Å²) in [5, 5.41) is 0. The third kappa shape index (κ3) is 1.58. The summed E-state index contributed by atoms with van der Waals surface area (Å²) in [4.78, 5) is 14.3. The first-order chi connectivity index (χ1) is 6.87. The number of rotatable bonds is 0. The SMILES string of the molecule is CN1C(=O)[C@H](C(C)(C)C)CC12CCCC2. The first kappa shape index (κ1) is 11.0. The van der Waals surface area contributed by atoms with Gasteiger partial charge in [-0.2, -0.15) is 0 Å². The Bertz CT molecular complexity index is 271. The van der Waals surface area contributed by atoms with Gasteiger partial charge in [0.05, 0.1) is 0 Å². The number of nitrogens with zero attached hydrogens (tertiary/aromatic N) is 1. The molecule has 1 saturated carbocycles. The topological polar surface area (TPSA) is 20.3 Å². The molecule has 2 rings (SSSR count). The van der Waals surface area contributed by atoms with E-state index in [1.807, 2.05) is 7.05 Å². The summed E-state index contributed by atoms with van der Waals surface area (Å²) in [5.41, 5.74) is 0.354. The van der Waals surface area contributed by atoms with Gasteiger partial charge in [0.25, 0.3) is 0 Å². The van der Waals surface area contributed by atoms with Crippen LogP contribution in [0.1, 0.15) is 52.9 Å². The lowest BCUT2D eigenvalue weighted by atomic mass is 9.76. The van der Waals surface area contributed by atoms with Crippen molar-refractivity contribution in [1.29, 1.82) is 0 Å². The summed E-state index contributed by atoms with van der Waals surface area (Å²) in [6.07, 6.45) is 6.14. The predicted molar refractivity (Wildman–Crippen MR) is 61.5 cm³/mol. The van der Waals surface area contributed by atoms with Crippen molar-refractivity contribution in [3.63, 3.8) is 0 Å². The molecule has 0 radical (unpaired) electrons. The van der Waals surface area contributed by atoms with Crippen LogP contribution in [0.2, 0.25) is 0 Å². The Morgan fingerprint density at radius 2 is 1.80 bits per heavy atom. The summed E-state index contributed by atoms with van der Waals surface area (Å²) < 4.78 is 0. The molecule has 2 heteroatoms. The zero-order valence-electron chi connectivity index (χ0n) is 10.5. The van der Waals surface area contributed by atoms with Gasteiger partial charge in [0.1, 0.15) is 0 Å². The fourth-order valence-corrected chi connectivity index (χ4v) is 3.32. The van der Waals surface area contributed by atoms with Crippen molar-refractivity contribution in [2.45, 2.75) is 58.4 Å². The molecule has 0 aromatic rings. The fourth-order valence-electron chi connectivity index (χ4n) is 3.32. The van der Waals surface area contributed by atoms with Gasteiger partial charge in [-0.3, -0.25) is 4.79 Å². The number of hydrogen-bond donors (Lipinski definition) is 0. The molecule has 0 aromatic heterocycles. The Kier molecular flexibility index (Phi) is 2.36. The maximum atomic E-state index is 12.2. The molecule has 1 heterocycles. The van der Waals surface area contributed by atoms with Gasteiger partial charge in [0, 0.05) is 18.5 Å². The van der Waals surface area contributed by atoms with Crippen LogP contribution in [-0.4, -0.2) is 23.4 Å². The molecule has 1 aliphatic carbocycles. The summed E-state index contributed by atoms with van der Waals surface area (Å²) in [6.45, 7) is 6.58. The average Bonchev–Trinajstić information content (AvgIpc) is 2.67. The second-order valence-corrected chi connectivity index (χ2v) is 6.45. The Hall–Kier alpha value is -0.530. The number of hydrogen-bond acceptors (Lipinski definition) is 1. The zero-order chi connectivity index (χ0) is 11.3. The third-order valence-electron chi connectivity index (χ3n) is 4.50. The van der Waals surface area contributed by atoms with Crippen molar-refractivity contribution in [3.8, 4) is 0 Å². The molecule has 0 unspecified atom stereocenters. The Balaban J connectivity index is 2.24. The summed E-state index contributed by atoms with van der Waals surface area (Å²) in [6, 6.07) is 0. The average molecular weight is 209 g/mol. The smallest absolute Gasteiger partial charge is 0.226 e. The van der Waals surface area contributed by atoms with Crippen LogP contribution in [0.25, 0.3) is 0 Å². The minimum absolute atomic E-state index is 0.122. The molecule has 1 amide bonds. The van der Waals surface area contributed by atoms with E-state index in [-0.39, 0.29) is 16.9 Å². The first-order valence-electron chi connectivity index (χ1n) is 6.14. The second kappa shape index (κ2) is 3.23. The first-order valence-corrected chi connectivity index (χ1v) is 6.14. The predicted octanol–water partition coefficient (Wildman–Crippen LogP) is 2.82. The highest BCUT2D eigenvalue weighted by Crippen LogP contribution is 2.49. The van der Waals surface area contributed by atoms with Crippen LogP contribution < -0.4 is 0 Å². The van der Waals surface area contributed by atoms with Crippen LogP contribution in [0, 0.1) is 11.3 Å². The van der Waals surface area contributed by atoms with Crippen molar-refractivity contribution in [1.82, 2.24) is 4.90 Å². The molecule has 1 aliphatic heterocycles. The van der Waals surface area contributed by atoms with E-state index < -0.39 is 0 Å². The molecule has 1 atom stereocenters. The summed E-state index contributed by atoms with van der Waals surface area (Å²) >= 11 is 0. The number of amides is 1. The molecule has 86 valence electrons. The van der Waals surface area contributed by atoms with Crippen LogP contribution >= 0.6 is 0 Å². The van der Waals surface area contributed by atoms with Gasteiger partial charge in [-0.15, -0.1) is 0 Å². The summed E-state index contributed by atoms with van der Waals surface area (Å²) in [7, 11) is 2.01. The van der Waals surface area contributed by atoms with Crippen molar-refractivity contribution in [3.05, 3.63) is 0 Å². The van der Waals surface area contributed by atoms with Crippen LogP contribution in [-0.2, 0) is 4.79 Å². The minimum Gasteiger partial charge on any atom is -0.340 e. The molecule has 0 N–H and O–H groups in total. The van der Waals surface area contributed by atoms with Crippen molar-refractivity contribution in [2.75, 3.05) is 7.05 Å². The Labute approximate surface area is 93.0 Å². The highest BCUT2D eigenvalue weighted by Gasteiger charge is 2.52. The van der Waals surface area contributed by atoms with Crippen molar-refractivity contribution < 1.29 is 4.79 Å². The molecule has 2 nitrogen and oxygen atoms in total. The lowest BCUT2D eigenvalue weighted by Gasteiger charge is -2.31. The van der Waals surface area contributed by atoms with Gasteiger partial charge in [-0.25, -0.2) is 0 Å². The fraction of sp³-hybridized carbons (Fsp3) is 0.923. The molecular weight excluding hydrogens is 186 g/mol. The lowest BCUT2D eigenvalue weighted by Crippen LogP contribution is -2.40. The van der Waals surface area contributed by atoms with Gasteiger partial charge in [0.2, 0.25) is 5.91 Å². The van der Waals surface area contributed by atoms with Crippen LogP contribution in [0.3, 0.4) is 0 Å². The highest BCUT2D eigenvalue weighted by atomic mass is 16.2. The monoisotopic (exact) mass is 209 g/mol. The normalized spacial score (nSPS) is 30.5. The molecule has 15 heavy (non-hydrogen) atoms. The quantitative estimate of drug-likeness (QED) is 0.601.